The van der Waals surface area contributed by atoms with Crippen LogP contribution in [0.1, 0.15) is 0 Å². The van der Waals surface area contributed by atoms with E-state index in [4.69, 9.17) is 5.73 Å². The van der Waals surface area contributed by atoms with Crippen molar-refractivity contribution in [3.05, 3.63) is 50.7 Å². The summed E-state index contributed by atoms with van der Waals surface area (Å²) in [6.45, 7) is 0. The third-order valence-electron chi connectivity index (χ3n) is 2.27. The van der Waals surface area contributed by atoms with E-state index in [1.807, 2.05) is 0 Å². The van der Waals surface area contributed by atoms with Crippen molar-refractivity contribution >= 4 is 17.2 Å². The number of benzene rings is 1. The van der Waals surface area contributed by atoms with Crippen LogP contribution < -0.4 is 5.73 Å². The van der Waals surface area contributed by atoms with Crippen LogP contribution in [0.3, 0.4) is 0 Å². The van der Waals surface area contributed by atoms with Crippen molar-refractivity contribution < 1.29 is 9.85 Å². The van der Waals surface area contributed by atoms with E-state index >= 15 is 0 Å². The first-order valence-electron chi connectivity index (χ1n) is 4.73. The molecule has 0 fully saturated rings. The van der Waals surface area contributed by atoms with E-state index in [-0.39, 0.29) is 22.9 Å². The third-order valence-corrected chi connectivity index (χ3v) is 2.27. The summed E-state index contributed by atoms with van der Waals surface area (Å²) in [7, 11) is 0. The van der Waals surface area contributed by atoms with Gasteiger partial charge in [-0.25, -0.2) is 4.68 Å². The predicted octanol–water partition coefficient (Wildman–Crippen LogP) is 1.27. The van der Waals surface area contributed by atoms with E-state index in [1.54, 1.807) is 0 Å². The van der Waals surface area contributed by atoms with Crippen molar-refractivity contribution in [1.82, 2.24) is 9.78 Å². The Bertz CT molecular complexity index is 636. The minimum Gasteiger partial charge on any atom is -0.378 e. The standard InChI is InChI=1S/C9H7N5O4/c10-9-8(14(17)18)5-11-12(9)6-2-1-3-7(4-6)13(15)16/h1-5H,10H2. The zero-order chi connectivity index (χ0) is 13.3. The lowest BCUT2D eigenvalue weighted by Gasteiger charge is -2.02. The largest absolute Gasteiger partial charge is 0.378 e. The molecule has 9 heteroatoms. The lowest BCUT2D eigenvalue weighted by Crippen LogP contribution is -2.03. The average Bonchev–Trinajstić information content (AvgIpc) is 2.71. The number of nitro groups is 2. The molecule has 1 aromatic carbocycles. The highest BCUT2D eigenvalue weighted by molar-refractivity contribution is 5.57. The first-order chi connectivity index (χ1) is 8.50. The van der Waals surface area contributed by atoms with Gasteiger partial charge in [0.2, 0.25) is 5.82 Å². The van der Waals surface area contributed by atoms with Crippen LogP contribution in [0.2, 0.25) is 0 Å². The monoisotopic (exact) mass is 249 g/mol. The lowest BCUT2D eigenvalue weighted by atomic mass is 10.3. The van der Waals surface area contributed by atoms with Crippen LogP contribution in [-0.2, 0) is 0 Å². The number of aromatic nitrogens is 2. The van der Waals surface area contributed by atoms with Gasteiger partial charge >= 0.3 is 5.69 Å². The Morgan fingerprint density at radius 3 is 2.50 bits per heavy atom. The molecule has 9 nitrogen and oxygen atoms in total. The molecule has 0 bridgehead atoms. The second-order valence-corrected chi connectivity index (χ2v) is 3.36. The van der Waals surface area contributed by atoms with Gasteiger partial charge in [0.25, 0.3) is 5.69 Å². The Hall–Kier alpha value is -2.97. The Balaban J connectivity index is 2.52. The van der Waals surface area contributed by atoms with Gasteiger partial charge in [-0.05, 0) is 6.07 Å². The first-order valence-corrected chi connectivity index (χ1v) is 4.73. The van der Waals surface area contributed by atoms with Crippen LogP contribution in [0, 0.1) is 20.2 Å². The fourth-order valence-electron chi connectivity index (χ4n) is 1.43. The van der Waals surface area contributed by atoms with Gasteiger partial charge in [-0.3, -0.25) is 20.2 Å². The topological polar surface area (TPSA) is 130 Å². The van der Waals surface area contributed by atoms with Gasteiger partial charge in [0, 0.05) is 12.1 Å². The molecular formula is C9H7N5O4. The van der Waals surface area contributed by atoms with Crippen LogP contribution in [0.5, 0.6) is 0 Å². The summed E-state index contributed by atoms with van der Waals surface area (Å²) in [5.74, 6) is -0.180. The Morgan fingerprint density at radius 1 is 1.22 bits per heavy atom. The highest BCUT2D eigenvalue weighted by Crippen LogP contribution is 2.25. The molecule has 92 valence electrons. The van der Waals surface area contributed by atoms with Gasteiger partial charge in [-0.1, -0.05) is 6.07 Å². The molecule has 0 aliphatic rings. The van der Waals surface area contributed by atoms with Crippen LogP contribution >= 0.6 is 0 Å². The van der Waals surface area contributed by atoms with Crippen molar-refractivity contribution in [3.63, 3.8) is 0 Å². The molecule has 0 radical (unpaired) electrons. The fraction of sp³-hybridized carbons (Fsp3) is 0. The second-order valence-electron chi connectivity index (χ2n) is 3.36. The zero-order valence-corrected chi connectivity index (χ0v) is 8.89. The molecule has 0 saturated carbocycles. The SMILES string of the molecule is Nc1c([N+](=O)[O-])cnn1-c1cccc([N+](=O)[O-])c1. The normalized spacial score (nSPS) is 10.2. The number of hydrogen-bond acceptors (Lipinski definition) is 6. The quantitative estimate of drug-likeness (QED) is 0.643. The number of nitrogens with zero attached hydrogens (tertiary/aromatic N) is 4. The molecule has 0 aliphatic heterocycles. The number of anilines is 1. The number of nitrogen functional groups attached to an aromatic ring is 1. The molecule has 2 rings (SSSR count). The molecule has 0 saturated heterocycles. The van der Waals surface area contributed by atoms with Crippen molar-refractivity contribution in [1.29, 1.82) is 0 Å². The summed E-state index contributed by atoms with van der Waals surface area (Å²) >= 11 is 0. The van der Waals surface area contributed by atoms with Gasteiger partial charge in [0.15, 0.2) is 0 Å². The molecule has 0 spiro atoms. The molecule has 2 aromatic rings. The van der Waals surface area contributed by atoms with Crippen LogP contribution in [0.4, 0.5) is 17.2 Å². The maximum absolute atomic E-state index is 10.6. The molecule has 18 heavy (non-hydrogen) atoms. The Labute approximate surface area is 99.7 Å². The first kappa shape index (κ1) is 11.5. The number of nitro benzene ring substituents is 1. The predicted molar refractivity (Wildman–Crippen MR) is 61.3 cm³/mol. The molecule has 0 amide bonds. The summed E-state index contributed by atoms with van der Waals surface area (Å²) in [6.07, 6.45) is 0.994. The van der Waals surface area contributed by atoms with E-state index < -0.39 is 9.85 Å². The Kier molecular flexibility index (Phi) is 2.64. The van der Waals surface area contributed by atoms with Gasteiger partial charge < -0.3 is 5.73 Å². The van der Waals surface area contributed by atoms with Gasteiger partial charge in [0.1, 0.15) is 6.20 Å². The van der Waals surface area contributed by atoms with E-state index in [1.165, 1.54) is 24.3 Å². The summed E-state index contributed by atoms with van der Waals surface area (Å²) in [6, 6.07) is 5.49. The van der Waals surface area contributed by atoms with E-state index in [0.717, 1.165) is 10.9 Å². The van der Waals surface area contributed by atoms with Crippen molar-refractivity contribution in [2.75, 3.05) is 5.73 Å². The lowest BCUT2D eigenvalue weighted by molar-refractivity contribution is -0.384. The summed E-state index contributed by atoms with van der Waals surface area (Å²) in [5, 5.41) is 25.0. The molecule has 0 aliphatic carbocycles. The van der Waals surface area contributed by atoms with Crippen molar-refractivity contribution in [3.8, 4) is 5.69 Å². The molecule has 2 N–H and O–H groups in total. The minimum atomic E-state index is -0.670. The van der Waals surface area contributed by atoms with Gasteiger partial charge in [-0.2, -0.15) is 5.10 Å². The fourth-order valence-corrected chi connectivity index (χ4v) is 1.43. The summed E-state index contributed by atoms with van der Waals surface area (Å²) < 4.78 is 1.07. The Morgan fingerprint density at radius 2 is 1.94 bits per heavy atom. The van der Waals surface area contributed by atoms with E-state index in [0.29, 0.717) is 0 Å². The highest BCUT2D eigenvalue weighted by Gasteiger charge is 2.19. The van der Waals surface area contributed by atoms with Crippen molar-refractivity contribution in [2.45, 2.75) is 0 Å². The number of nitrogens with two attached hydrogens (primary N) is 1. The molecule has 1 heterocycles. The molecule has 0 atom stereocenters. The molecular weight excluding hydrogens is 242 g/mol. The third kappa shape index (κ3) is 1.84. The molecule has 0 unspecified atom stereocenters. The van der Waals surface area contributed by atoms with Gasteiger partial charge in [-0.15, -0.1) is 0 Å². The highest BCUT2D eigenvalue weighted by atomic mass is 16.6. The number of non-ortho nitro benzene ring substituents is 1. The minimum absolute atomic E-state index is 0.148. The summed E-state index contributed by atoms with van der Waals surface area (Å²) in [4.78, 5) is 20.0. The van der Waals surface area contributed by atoms with E-state index in [9.17, 15) is 20.2 Å². The zero-order valence-electron chi connectivity index (χ0n) is 8.89. The maximum Gasteiger partial charge on any atom is 0.331 e. The van der Waals surface area contributed by atoms with Crippen LogP contribution in [0.25, 0.3) is 5.69 Å². The van der Waals surface area contributed by atoms with Gasteiger partial charge in [0.05, 0.1) is 15.5 Å². The summed E-state index contributed by atoms with van der Waals surface area (Å²) in [5.41, 5.74) is 5.34. The van der Waals surface area contributed by atoms with Crippen LogP contribution in [0.15, 0.2) is 30.5 Å². The molecule has 1 aromatic heterocycles. The second kappa shape index (κ2) is 4.13. The average molecular weight is 249 g/mol. The smallest absolute Gasteiger partial charge is 0.331 e. The van der Waals surface area contributed by atoms with Crippen molar-refractivity contribution in [2.24, 2.45) is 0 Å². The number of hydrogen-bond donors (Lipinski definition) is 1. The number of rotatable bonds is 3. The van der Waals surface area contributed by atoms with E-state index in [2.05, 4.69) is 5.10 Å². The maximum atomic E-state index is 10.6. The van der Waals surface area contributed by atoms with Crippen LogP contribution in [-0.4, -0.2) is 19.6 Å².